The molecule has 0 saturated heterocycles. The van der Waals surface area contributed by atoms with Crippen LogP contribution in [0.3, 0.4) is 0 Å². The standard InChI is InChI=1S/C12H18N2OS/c1-10(6-8-16-3)14(2)12-11(9-15)5-4-7-13-12/h4-5,7,9-10H,6,8H2,1-3H3. The van der Waals surface area contributed by atoms with Crippen molar-refractivity contribution in [2.45, 2.75) is 19.4 Å². The molecule has 0 aliphatic heterocycles. The lowest BCUT2D eigenvalue weighted by molar-refractivity contribution is 0.112. The molecule has 0 amide bonds. The molecule has 1 aromatic rings. The average Bonchev–Trinajstić information content (AvgIpc) is 2.34. The first-order valence-corrected chi connectivity index (χ1v) is 6.72. The van der Waals surface area contributed by atoms with Gasteiger partial charge >= 0.3 is 0 Å². The maximum absolute atomic E-state index is 10.9. The number of rotatable bonds is 6. The zero-order valence-electron chi connectivity index (χ0n) is 10.0. The van der Waals surface area contributed by atoms with Crippen molar-refractivity contribution in [3.63, 3.8) is 0 Å². The van der Waals surface area contributed by atoms with Gasteiger partial charge in [0.2, 0.25) is 0 Å². The summed E-state index contributed by atoms with van der Waals surface area (Å²) >= 11 is 1.84. The smallest absolute Gasteiger partial charge is 0.153 e. The van der Waals surface area contributed by atoms with E-state index in [0.29, 0.717) is 11.6 Å². The van der Waals surface area contributed by atoms with Gasteiger partial charge in [0.05, 0.1) is 5.56 Å². The minimum Gasteiger partial charge on any atom is -0.356 e. The number of anilines is 1. The lowest BCUT2D eigenvalue weighted by Gasteiger charge is -2.26. The summed E-state index contributed by atoms with van der Waals surface area (Å²) in [6.45, 7) is 2.15. The molecule has 16 heavy (non-hydrogen) atoms. The molecule has 0 N–H and O–H groups in total. The van der Waals surface area contributed by atoms with Gasteiger partial charge in [-0.15, -0.1) is 0 Å². The summed E-state index contributed by atoms with van der Waals surface area (Å²) in [7, 11) is 1.99. The summed E-state index contributed by atoms with van der Waals surface area (Å²) in [6, 6.07) is 3.97. The fourth-order valence-corrected chi connectivity index (χ4v) is 2.06. The zero-order valence-corrected chi connectivity index (χ0v) is 10.8. The Morgan fingerprint density at radius 3 is 3.00 bits per heavy atom. The van der Waals surface area contributed by atoms with Crippen molar-refractivity contribution >= 4 is 23.9 Å². The van der Waals surface area contributed by atoms with Crippen LogP contribution in [0.25, 0.3) is 0 Å². The largest absolute Gasteiger partial charge is 0.356 e. The molecule has 0 fully saturated rings. The van der Waals surface area contributed by atoms with Crippen molar-refractivity contribution in [2.24, 2.45) is 0 Å². The highest BCUT2D eigenvalue weighted by atomic mass is 32.2. The van der Waals surface area contributed by atoms with Crippen LogP contribution in [0, 0.1) is 0 Å². The second-order valence-electron chi connectivity index (χ2n) is 3.78. The lowest BCUT2D eigenvalue weighted by Crippen LogP contribution is -2.30. The summed E-state index contributed by atoms with van der Waals surface area (Å²) < 4.78 is 0. The second kappa shape index (κ2) is 6.53. The molecule has 0 bridgehead atoms. The number of aromatic nitrogens is 1. The number of hydrogen-bond acceptors (Lipinski definition) is 4. The molecule has 1 aromatic heterocycles. The van der Waals surface area contributed by atoms with E-state index in [9.17, 15) is 4.79 Å². The van der Waals surface area contributed by atoms with E-state index in [-0.39, 0.29) is 0 Å². The van der Waals surface area contributed by atoms with E-state index in [2.05, 4.69) is 23.1 Å². The first-order chi connectivity index (χ1) is 7.70. The van der Waals surface area contributed by atoms with Gasteiger partial charge in [-0.05, 0) is 37.5 Å². The molecule has 88 valence electrons. The Balaban J connectivity index is 2.78. The van der Waals surface area contributed by atoms with Crippen LogP contribution in [0.15, 0.2) is 18.3 Å². The molecule has 4 heteroatoms. The van der Waals surface area contributed by atoms with Crippen LogP contribution >= 0.6 is 11.8 Å². The molecule has 1 rings (SSSR count). The zero-order chi connectivity index (χ0) is 12.0. The van der Waals surface area contributed by atoms with E-state index in [4.69, 9.17) is 0 Å². The molecular formula is C12H18N2OS. The SMILES string of the molecule is CSCCC(C)N(C)c1ncccc1C=O. The molecule has 3 nitrogen and oxygen atoms in total. The number of carbonyl (C=O) groups is 1. The summed E-state index contributed by atoms with van der Waals surface area (Å²) in [5, 5.41) is 0. The predicted octanol–water partition coefficient (Wildman–Crippen LogP) is 2.47. The maximum Gasteiger partial charge on any atom is 0.153 e. The number of hydrogen-bond donors (Lipinski definition) is 0. The number of thioether (sulfide) groups is 1. The molecule has 1 heterocycles. The Kier molecular flexibility index (Phi) is 5.32. The van der Waals surface area contributed by atoms with Gasteiger partial charge in [0.1, 0.15) is 5.82 Å². The van der Waals surface area contributed by atoms with Crippen LogP contribution in [0.5, 0.6) is 0 Å². The molecule has 0 aromatic carbocycles. The average molecular weight is 238 g/mol. The van der Waals surface area contributed by atoms with E-state index < -0.39 is 0 Å². The number of carbonyl (C=O) groups excluding carboxylic acids is 1. The van der Waals surface area contributed by atoms with Gasteiger partial charge in [0, 0.05) is 19.3 Å². The lowest BCUT2D eigenvalue weighted by atomic mass is 10.2. The highest BCUT2D eigenvalue weighted by Gasteiger charge is 2.13. The molecule has 1 atom stereocenters. The monoisotopic (exact) mass is 238 g/mol. The van der Waals surface area contributed by atoms with Crippen molar-refractivity contribution in [1.29, 1.82) is 0 Å². The highest BCUT2D eigenvalue weighted by molar-refractivity contribution is 7.98. The summed E-state index contributed by atoms with van der Waals surface area (Å²) in [5.41, 5.74) is 0.654. The van der Waals surface area contributed by atoms with Gasteiger partial charge in [-0.25, -0.2) is 4.98 Å². The quantitative estimate of drug-likeness (QED) is 0.713. The van der Waals surface area contributed by atoms with Crippen molar-refractivity contribution in [3.8, 4) is 0 Å². The van der Waals surface area contributed by atoms with Crippen molar-refractivity contribution < 1.29 is 4.79 Å². The van der Waals surface area contributed by atoms with E-state index in [0.717, 1.165) is 24.3 Å². The fourth-order valence-electron chi connectivity index (χ4n) is 1.49. The Morgan fingerprint density at radius 1 is 1.62 bits per heavy atom. The van der Waals surface area contributed by atoms with E-state index in [1.807, 2.05) is 18.8 Å². The third-order valence-electron chi connectivity index (χ3n) is 2.68. The van der Waals surface area contributed by atoms with Crippen LogP contribution in [0.2, 0.25) is 0 Å². The first kappa shape index (κ1) is 13.0. The summed E-state index contributed by atoms with van der Waals surface area (Å²) in [6.07, 6.45) is 5.77. The molecule has 0 aliphatic carbocycles. The molecule has 0 spiro atoms. The third-order valence-corrected chi connectivity index (χ3v) is 3.32. The van der Waals surface area contributed by atoms with Crippen molar-refractivity contribution in [3.05, 3.63) is 23.9 Å². The number of pyridine rings is 1. The third kappa shape index (κ3) is 3.23. The Morgan fingerprint density at radius 2 is 2.38 bits per heavy atom. The molecule has 0 saturated carbocycles. The fraction of sp³-hybridized carbons (Fsp3) is 0.500. The van der Waals surface area contributed by atoms with Crippen LogP contribution in [-0.4, -0.2) is 36.4 Å². The van der Waals surface area contributed by atoms with Gasteiger partial charge in [0.15, 0.2) is 6.29 Å². The second-order valence-corrected chi connectivity index (χ2v) is 4.76. The topological polar surface area (TPSA) is 33.2 Å². The van der Waals surface area contributed by atoms with Gasteiger partial charge < -0.3 is 4.90 Å². The van der Waals surface area contributed by atoms with Crippen LogP contribution in [-0.2, 0) is 0 Å². The summed E-state index contributed by atoms with van der Waals surface area (Å²) in [4.78, 5) is 17.2. The molecular weight excluding hydrogens is 220 g/mol. The van der Waals surface area contributed by atoms with Gasteiger partial charge in [-0.2, -0.15) is 11.8 Å². The molecule has 1 unspecified atom stereocenters. The van der Waals surface area contributed by atoms with E-state index in [1.54, 1.807) is 18.3 Å². The minimum absolute atomic E-state index is 0.390. The van der Waals surface area contributed by atoms with Crippen molar-refractivity contribution in [1.82, 2.24) is 4.98 Å². The highest BCUT2D eigenvalue weighted by Crippen LogP contribution is 2.18. The normalized spacial score (nSPS) is 12.2. The van der Waals surface area contributed by atoms with Crippen LogP contribution in [0.4, 0.5) is 5.82 Å². The summed E-state index contributed by atoms with van der Waals surface area (Å²) in [5.74, 6) is 1.89. The van der Waals surface area contributed by atoms with E-state index >= 15 is 0 Å². The maximum atomic E-state index is 10.9. The number of nitrogens with zero attached hydrogens (tertiary/aromatic N) is 2. The van der Waals surface area contributed by atoms with Gasteiger partial charge in [-0.3, -0.25) is 4.79 Å². The predicted molar refractivity (Wildman–Crippen MR) is 70.5 cm³/mol. The van der Waals surface area contributed by atoms with Gasteiger partial charge in [-0.1, -0.05) is 0 Å². The van der Waals surface area contributed by atoms with Gasteiger partial charge in [0.25, 0.3) is 0 Å². The Labute approximate surface area is 101 Å². The van der Waals surface area contributed by atoms with E-state index in [1.165, 1.54) is 0 Å². The van der Waals surface area contributed by atoms with Crippen LogP contribution < -0.4 is 4.90 Å². The molecule has 0 radical (unpaired) electrons. The Bertz CT molecular complexity index is 344. The minimum atomic E-state index is 0.390. The molecule has 0 aliphatic rings. The van der Waals surface area contributed by atoms with Crippen LogP contribution in [0.1, 0.15) is 23.7 Å². The van der Waals surface area contributed by atoms with Crippen molar-refractivity contribution in [2.75, 3.05) is 24.0 Å². The first-order valence-electron chi connectivity index (χ1n) is 5.32. The Hall–Kier alpha value is -1.03. The number of aldehydes is 1.